The molecule has 514 valence electrons. The Labute approximate surface area is 557 Å². The van der Waals surface area contributed by atoms with Crippen LogP contribution >= 0.6 is 20.2 Å². The van der Waals surface area contributed by atoms with E-state index in [9.17, 15) is 53.2 Å². The van der Waals surface area contributed by atoms with Crippen LogP contribution in [0.5, 0.6) is 0 Å². The Bertz CT molecular complexity index is 3550. The average molecular weight is 1380 g/mol. The summed E-state index contributed by atoms with van der Waals surface area (Å²) in [7, 11) is -5.07. The van der Waals surface area contributed by atoms with Crippen LogP contribution in [0.15, 0.2) is 67.8 Å². The summed E-state index contributed by atoms with van der Waals surface area (Å²) in [5, 5.41) is 28.2. The zero-order chi connectivity index (χ0) is 66.7. The van der Waals surface area contributed by atoms with Crippen molar-refractivity contribution in [2.24, 2.45) is 94.7 Å². The molecule has 18 N–H and O–H groups in total. The molecule has 1 aromatic carbocycles. The van der Waals surface area contributed by atoms with E-state index in [0.717, 1.165) is 11.1 Å². The van der Waals surface area contributed by atoms with Gasteiger partial charge in [-0.25, -0.2) is 9.55 Å². The number of nitrogens with two attached hydrogens (primary N) is 6. The molecule has 0 spiro atoms. The van der Waals surface area contributed by atoms with E-state index in [1.807, 2.05) is 87.4 Å². The van der Waals surface area contributed by atoms with Crippen molar-refractivity contribution in [2.45, 2.75) is 189 Å². The van der Waals surface area contributed by atoms with Crippen molar-refractivity contribution in [3.05, 3.63) is 63.9 Å². The number of carbonyl (C=O) groups excluding carboxylic acids is 7. The molecule has 93 heavy (non-hydrogen) atoms. The molecule has 15 atom stereocenters. The van der Waals surface area contributed by atoms with Crippen LogP contribution in [-0.2, 0) is 68.7 Å². The van der Waals surface area contributed by atoms with Gasteiger partial charge in [0.15, 0.2) is 6.23 Å². The number of phosphoric acid groups is 1. The number of amides is 7. The Hall–Kier alpha value is -6.24. The van der Waals surface area contributed by atoms with Crippen LogP contribution in [0, 0.1) is 59.2 Å². The van der Waals surface area contributed by atoms with E-state index in [4.69, 9.17) is 63.2 Å². The minimum atomic E-state index is -5.07. The number of imidazole rings is 1. The molecule has 28 nitrogen and oxygen atoms in total. The van der Waals surface area contributed by atoms with Crippen LogP contribution in [0.4, 0.5) is 0 Å². The molecule has 1 aromatic heterocycles. The first kappa shape index (κ1) is 77.5. The number of fused-ring (bicyclic) bond motifs is 7. The average Bonchev–Trinajstić information content (AvgIpc) is 1.53. The fraction of sp³-hybridized carbons (Fsp3) is 0.629. The first-order chi connectivity index (χ1) is 41.8. The number of aliphatic imine (C=N–C) groups is 3. The molecule has 0 radical (unpaired) electrons. The number of hydrogen-bond donors (Lipinski definition) is 11. The van der Waals surface area contributed by atoms with E-state index in [1.54, 1.807) is 4.57 Å². The molecule has 2 saturated heterocycles. The number of benzene rings is 1. The summed E-state index contributed by atoms with van der Waals surface area (Å²) in [5.74, 6) is -7.18. The number of phosphoric ester groups is 1. The van der Waals surface area contributed by atoms with Crippen LogP contribution in [0.3, 0.4) is 0 Å². The number of rotatable bonds is 26. The molecular weight excluding hydrogens is 1290 g/mol. The monoisotopic (exact) mass is 1380 g/mol. The number of primary amides is 6. The molecule has 7 amide bonds. The SMILES string of the molecule is C/C1=C2N=C(/C=C3\N/C(=C(/C)C4=NC(C)(C5N=C1[C@](C)(CCC(=O)NCC(C)OP(=O)(O)O[C@H]1[C@@H](O)[C@@H](n6cnc7cc(C)c(C)cc76)O[C@@H]1CO)C5CC(N)=O)[C@@](C)(CC(N)=O)[C@@H]4CCC(N)=O)[C@@](C)(CC(N)=O)[C@@H]3CCC(N)=O)C(C)(C)[C@@H]/2CCC(N)=O.Cl.[Co+3].[OH-]. The van der Waals surface area contributed by atoms with E-state index in [2.05, 4.69) is 15.6 Å². The van der Waals surface area contributed by atoms with Gasteiger partial charge in [-0.05, 0) is 108 Å². The minimum absolute atomic E-state index is 0. The smallest absolute Gasteiger partial charge is 0.870 e. The van der Waals surface area contributed by atoms with Gasteiger partial charge in [-0.3, -0.25) is 57.6 Å². The molecule has 0 aliphatic carbocycles. The quantitative estimate of drug-likeness (QED) is 0.0601. The number of nitrogens with one attached hydrogen (secondary N) is 2. The molecule has 6 aliphatic rings. The zero-order valence-corrected chi connectivity index (χ0v) is 57.2. The molecule has 5 unspecified atom stereocenters. The Morgan fingerprint density at radius 3 is 1.96 bits per heavy atom. The van der Waals surface area contributed by atoms with Crippen LogP contribution in [0.1, 0.15) is 150 Å². The van der Waals surface area contributed by atoms with Crippen molar-refractivity contribution in [3.8, 4) is 0 Å². The third-order valence-corrected chi connectivity index (χ3v) is 21.7. The number of aryl methyl sites for hydroxylation is 2. The standard InChI is InChI=1S/C62H90N13O14P.ClH.Co.H2O/c1-29-20-39-40(21-30(29)2)75(28-70-39)57-52(84)53(41(27-76)87-57)89-90(85,86)88-31(3)26-69-49(83)18-19-59(8)37(22-46(66)80)56-62(11)61(10,25-48(68)82)36(14-17-45(65)79)51(74-62)33(5)55-60(9,24-47(67)81)34(12-15-43(63)77)38(71-55)23-42-58(6,7)35(13-16-44(64)78)50(72-42)32(4)54(59)73-56;;;/h20-21,23,28,31,34-37,41,52-53,56-57,71,76,84H,12-19,22,24-27H2,1-11H3,(H2,63,77)(H2,64,78)(H2,65,79)(H2,66,80)(H2,67,81)(H2,68,82)(H,69,83)(H,85,86);1H;;1H2/q;;+3;/p-1/b38-23-,50-32-,55-33-;;;/t31?,34-,35-,36-,37?,41-,52-,53-,56?,57+,59-,60+,61+,62?;;;/m1.../s1. The molecule has 31 heteroatoms. The first-order valence-electron chi connectivity index (χ1n) is 30.6. The topological polar surface area (TPSA) is 490 Å². The van der Waals surface area contributed by atoms with Crippen LogP contribution < -0.4 is 45.0 Å². The Kier molecular flexibility index (Phi) is 24.2. The van der Waals surface area contributed by atoms with Gasteiger partial charge in [0.1, 0.15) is 18.3 Å². The third kappa shape index (κ3) is 14.9. The van der Waals surface area contributed by atoms with Crippen molar-refractivity contribution in [3.63, 3.8) is 0 Å². The van der Waals surface area contributed by atoms with Gasteiger partial charge < -0.3 is 74.9 Å². The molecule has 8 bridgehead atoms. The van der Waals surface area contributed by atoms with Crippen molar-refractivity contribution in [1.29, 1.82) is 0 Å². The van der Waals surface area contributed by atoms with E-state index in [-0.39, 0.29) is 112 Å². The number of aromatic nitrogens is 2. The molecule has 6 aliphatic heterocycles. The molecule has 2 fully saturated rings. The van der Waals surface area contributed by atoms with E-state index in [1.165, 1.54) is 13.3 Å². The maximum atomic E-state index is 14.4. The second kappa shape index (κ2) is 29.0. The van der Waals surface area contributed by atoms with Crippen molar-refractivity contribution < 1.29 is 89.3 Å². The Balaban J connectivity index is 0.00000523. The summed E-state index contributed by atoms with van der Waals surface area (Å²) >= 11 is 0. The van der Waals surface area contributed by atoms with Crippen molar-refractivity contribution >= 4 is 89.7 Å². The first-order valence-corrected chi connectivity index (χ1v) is 32.1. The third-order valence-electron chi connectivity index (χ3n) is 20.6. The van der Waals surface area contributed by atoms with E-state index >= 15 is 0 Å². The molecule has 7 heterocycles. The normalized spacial score (nSPS) is 33.1. The largest absolute Gasteiger partial charge is 3.00 e. The molecule has 8 rings (SSSR count). The number of carbonyl (C=O) groups is 7. The predicted molar refractivity (Wildman–Crippen MR) is 343 cm³/mol. The summed E-state index contributed by atoms with van der Waals surface area (Å²) in [6, 6.07) is 2.70. The fourth-order valence-electron chi connectivity index (χ4n) is 15.4. The maximum Gasteiger partial charge on any atom is 3.00 e. The van der Waals surface area contributed by atoms with Crippen molar-refractivity contribution in [1.82, 2.24) is 20.2 Å². The second-order valence-electron chi connectivity index (χ2n) is 27.1. The molecule has 2 aromatic rings. The van der Waals surface area contributed by atoms with Gasteiger partial charge in [0, 0.05) is 131 Å². The van der Waals surface area contributed by atoms with Crippen LogP contribution in [-0.4, -0.2) is 138 Å². The van der Waals surface area contributed by atoms with Gasteiger partial charge in [-0.15, -0.1) is 12.4 Å². The van der Waals surface area contributed by atoms with Crippen molar-refractivity contribution in [2.75, 3.05) is 13.2 Å². The Morgan fingerprint density at radius 2 is 1.39 bits per heavy atom. The Morgan fingerprint density at radius 1 is 0.806 bits per heavy atom. The number of allylic oxidation sites excluding steroid dienone is 6. The molecular formula is C62H92ClCoN13O15P+2. The van der Waals surface area contributed by atoms with Gasteiger partial charge >= 0.3 is 24.6 Å². The molecule has 0 saturated carbocycles. The maximum absolute atomic E-state index is 14.4. The number of hydrogen-bond acceptors (Lipinski definition) is 19. The number of ether oxygens (including phenoxy) is 1. The summed E-state index contributed by atoms with van der Waals surface area (Å²) in [5.41, 5.74) is 37.4. The number of nitrogens with zero attached hydrogens (tertiary/aromatic N) is 5. The fourth-order valence-corrected chi connectivity index (χ4v) is 16.6. The van der Waals surface area contributed by atoms with Gasteiger partial charge in [0.05, 0.1) is 41.7 Å². The minimum Gasteiger partial charge on any atom is -0.870 e. The zero-order valence-electron chi connectivity index (χ0n) is 54.4. The van der Waals surface area contributed by atoms with Gasteiger partial charge in [0.25, 0.3) is 0 Å². The van der Waals surface area contributed by atoms with E-state index < -0.39 is 143 Å². The predicted octanol–water partition coefficient (Wildman–Crippen LogP) is 3.41. The summed E-state index contributed by atoms with van der Waals surface area (Å²) in [6.07, 6.45) is -4.26. The summed E-state index contributed by atoms with van der Waals surface area (Å²) in [4.78, 5) is 126. The number of halogens is 1. The van der Waals surface area contributed by atoms with Gasteiger partial charge in [0.2, 0.25) is 41.4 Å². The number of aliphatic hydroxyl groups excluding tert-OH is 2. The van der Waals surface area contributed by atoms with Crippen LogP contribution in [0.25, 0.3) is 11.0 Å². The second-order valence-corrected chi connectivity index (χ2v) is 28.4. The van der Waals surface area contributed by atoms with Gasteiger partial charge in [-0.1, -0.05) is 34.6 Å². The summed E-state index contributed by atoms with van der Waals surface area (Å²) in [6.45, 7) is 19.3. The number of aliphatic hydroxyl groups is 2. The van der Waals surface area contributed by atoms with Crippen LogP contribution in [0.2, 0.25) is 0 Å². The van der Waals surface area contributed by atoms with Gasteiger partial charge in [-0.2, -0.15) is 0 Å². The van der Waals surface area contributed by atoms with E-state index in [0.29, 0.717) is 56.4 Å². The summed E-state index contributed by atoms with van der Waals surface area (Å²) < 4.78 is 32.3.